The maximum Gasteiger partial charge on any atom is 0.233 e. The number of amides is 1. The fraction of sp³-hybridized carbons (Fsp3) is 0.333. The number of aromatic nitrogens is 2. The topological polar surface area (TPSA) is 46.9 Å². The summed E-state index contributed by atoms with van der Waals surface area (Å²) >= 11 is 1.55. The molecule has 1 aliphatic heterocycles. The van der Waals surface area contributed by atoms with Crippen LogP contribution in [0.2, 0.25) is 0 Å². The number of hydrogen-bond donors (Lipinski definition) is 1. The van der Waals surface area contributed by atoms with E-state index in [1.165, 1.54) is 0 Å². The fourth-order valence-electron chi connectivity index (χ4n) is 2.31. The lowest BCUT2D eigenvalue weighted by Gasteiger charge is -2.13. The van der Waals surface area contributed by atoms with Crippen LogP contribution in [-0.4, -0.2) is 27.3 Å². The maximum atomic E-state index is 12.0. The van der Waals surface area contributed by atoms with Gasteiger partial charge >= 0.3 is 0 Å². The van der Waals surface area contributed by atoms with E-state index in [-0.39, 0.29) is 11.2 Å². The van der Waals surface area contributed by atoms with Crippen LogP contribution in [0.25, 0.3) is 5.69 Å². The van der Waals surface area contributed by atoms with Crippen LogP contribution in [0.1, 0.15) is 19.3 Å². The molecule has 1 N–H and O–H groups in total. The van der Waals surface area contributed by atoms with Gasteiger partial charge in [0.25, 0.3) is 0 Å². The van der Waals surface area contributed by atoms with Gasteiger partial charge in [-0.05, 0) is 25.0 Å². The molecule has 104 valence electrons. The quantitative estimate of drug-likeness (QED) is 0.944. The van der Waals surface area contributed by atoms with Crippen molar-refractivity contribution in [1.29, 1.82) is 0 Å². The van der Waals surface area contributed by atoms with Crippen LogP contribution < -0.4 is 5.32 Å². The summed E-state index contributed by atoms with van der Waals surface area (Å²) in [6.07, 6.45) is 6.78. The first kappa shape index (κ1) is 13.2. The van der Waals surface area contributed by atoms with Crippen LogP contribution in [-0.2, 0) is 4.79 Å². The molecule has 1 fully saturated rings. The van der Waals surface area contributed by atoms with Crippen molar-refractivity contribution in [2.75, 3.05) is 6.54 Å². The average molecular weight is 287 g/mol. The van der Waals surface area contributed by atoms with Crippen molar-refractivity contribution in [1.82, 2.24) is 14.9 Å². The predicted molar refractivity (Wildman–Crippen MR) is 80.1 cm³/mol. The Labute approximate surface area is 122 Å². The lowest BCUT2D eigenvalue weighted by atomic mass is 10.2. The third-order valence-corrected chi connectivity index (χ3v) is 4.62. The Balaban J connectivity index is 1.81. The molecule has 2 aromatic rings. The summed E-state index contributed by atoms with van der Waals surface area (Å²) in [5.41, 5.74) is 1.07. The van der Waals surface area contributed by atoms with Crippen molar-refractivity contribution in [3.8, 4) is 5.69 Å². The highest BCUT2D eigenvalue weighted by Crippen LogP contribution is 2.28. The molecule has 0 radical (unpaired) electrons. The maximum absolute atomic E-state index is 12.0. The molecule has 5 heteroatoms. The van der Waals surface area contributed by atoms with E-state index in [0.717, 1.165) is 36.7 Å². The summed E-state index contributed by atoms with van der Waals surface area (Å²) in [6.45, 7) is 0.795. The van der Waals surface area contributed by atoms with Gasteiger partial charge in [0.1, 0.15) is 0 Å². The minimum absolute atomic E-state index is 0.0395. The Bertz CT molecular complexity index is 582. The van der Waals surface area contributed by atoms with E-state index in [4.69, 9.17) is 0 Å². The molecule has 1 aromatic heterocycles. The SMILES string of the molecule is O=C1NCCCCC1Sc1nccn1-c1ccccc1. The molecule has 0 spiro atoms. The highest BCUT2D eigenvalue weighted by molar-refractivity contribution is 8.00. The van der Waals surface area contributed by atoms with E-state index in [9.17, 15) is 4.79 Å². The predicted octanol–water partition coefficient (Wildman–Crippen LogP) is 2.63. The zero-order valence-corrected chi connectivity index (χ0v) is 12.0. The fourth-order valence-corrected chi connectivity index (χ4v) is 3.44. The summed E-state index contributed by atoms with van der Waals surface area (Å²) in [6, 6.07) is 10.1. The molecule has 1 aliphatic rings. The molecule has 1 saturated heterocycles. The van der Waals surface area contributed by atoms with Crippen molar-refractivity contribution in [2.45, 2.75) is 29.7 Å². The zero-order chi connectivity index (χ0) is 13.8. The van der Waals surface area contributed by atoms with E-state index >= 15 is 0 Å². The lowest BCUT2D eigenvalue weighted by molar-refractivity contribution is -0.120. The van der Waals surface area contributed by atoms with Gasteiger partial charge in [-0.25, -0.2) is 4.98 Å². The van der Waals surface area contributed by atoms with Gasteiger partial charge in [0.05, 0.1) is 5.25 Å². The number of nitrogens with one attached hydrogen (secondary N) is 1. The molecule has 0 aliphatic carbocycles. The minimum atomic E-state index is -0.0395. The van der Waals surface area contributed by atoms with Crippen LogP contribution in [0.15, 0.2) is 47.9 Å². The second-order valence-corrected chi connectivity index (χ2v) is 5.98. The van der Waals surface area contributed by atoms with Gasteiger partial charge < -0.3 is 5.32 Å². The highest BCUT2D eigenvalue weighted by atomic mass is 32.2. The number of carbonyl (C=O) groups is 1. The number of thioether (sulfide) groups is 1. The van der Waals surface area contributed by atoms with Gasteiger partial charge in [0, 0.05) is 24.6 Å². The van der Waals surface area contributed by atoms with Crippen molar-refractivity contribution in [3.05, 3.63) is 42.7 Å². The van der Waals surface area contributed by atoms with Gasteiger partial charge in [0.2, 0.25) is 5.91 Å². The average Bonchev–Trinajstić information content (AvgIpc) is 2.85. The number of imidazole rings is 1. The number of rotatable bonds is 3. The van der Waals surface area contributed by atoms with Crippen LogP contribution in [0.5, 0.6) is 0 Å². The van der Waals surface area contributed by atoms with Crippen LogP contribution in [0, 0.1) is 0 Å². The molecule has 2 heterocycles. The summed E-state index contributed by atoms with van der Waals surface area (Å²) < 4.78 is 2.03. The molecule has 1 aromatic carbocycles. The molecule has 1 amide bonds. The Morgan fingerprint density at radius 1 is 1.25 bits per heavy atom. The normalized spacial score (nSPS) is 19.4. The monoisotopic (exact) mass is 287 g/mol. The first-order valence-electron chi connectivity index (χ1n) is 6.88. The van der Waals surface area contributed by atoms with E-state index in [1.54, 1.807) is 18.0 Å². The largest absolute Gasteiger partial charge is 0.355 e. The second-order valence-electron chi connectivity index (χ2n) is 4.81. The molecule has 0 saturated carbocycles. The number of para-hydroxylation sites is 1. The van der Waals surface area contributed by atoms with Crippen LogP contribution in [0.4, 0.5) is 0 Å². The van der Waals surface area contributed by atoms with Gasteiger partial charge in [-0.15, -0.1) is 0 Å². The van der Waals surface area contributed by atoms with Gasteiger partial charge in [-0.1, -0.05) is 36.4 Å². The molecule has 3 rings (SSSR count). The lowest BCUT2D eigenvalue weighted by Crippen LogP contribution is -2.30. The Morgan fingerprint density at radius 2 is 2.10 bits per heavy atom. The Hall–Kier alpha value is -1.75. The first-order valence-corrected chi connectivity index (χ1v) is 7.76. The molecular weight excluding hydrogens is 270 g/mol. The zero-order valence-electron chi connectivity index (χ0n) is 11.2. The van der Waals surface area contributed by atoms with E-state index in [1.807, 2.05) is 41.1 Å². The van der Waals surface area contributed by atoms with Crippen molar-refractivity contribution in [2.24, 2.45) is 0 Å². The Morgan fingerprint density at radius 3 is 2.95 bits per heavy atom. The highest BCUT2D eigenvalue weighted by Gasteiger charge is 2.23. The van der Waals surface area contributed by atoms with Gasteiger partial charge in [-0.2, -0.15) is 0 Å². The van der Waals surface area contributed by atoms with Crippen molar-refractivity contribution in [3.63, 3.8) is 0 Å². The molecule has 1 unspecified atom stereocenters. The van der Waals surface area contributed by atoms with Crippen LogP contribution >= 0.6 is 11.8 Å². The third kappa shape index (κ3) is 2.88. The smallest absolute Gasteiger partial charge is 0.233 e. The molecule has 4 nitrogen and oxygen atoms in total. The van der Waals surface area contributed by atoms with Gasteiger partial charge in [-0.3, -0.25) is 9.36 Å². The summed E-state index contributed by atoms with van der Waals surface area (Å²) in [5, 5.41) is 3.80. The van der Waals surface area contributed by atoms with Gasteiger partial charge in [0.15, 0.2) is 5.16 Å². The number of nitrogens with zero attached hydrogens (tertiary/aromatic N) is 2. The molecule has 0 bridgehead atoms. The summed E-state index contributed by atoms with van der Waals surface area (Å²) in [5.74, 6) is 0.134. The van der Waals surface area contributed by atoms with Crippen molar-refractivity contribution < 1.29 is 4.79 Å². The first-order chi connectivity index (χ1) is 9.84. The number of benzene rings is 1. The molecular formula is C15H17N3OS. The minimum Gasteiger partial charge on any atom is -0.355 e. The van der Waals surface area contributed by atoms with E-state index in [0.29, 0.717) is 0 Å². The third-order valence-electron chi connectivity index (χ3n) is 3.37. The Kier molecular flexibility index (Phi) is 4.06. The second kappa shape index (κ2) is 6.13. The van der Waals surface area contributed by atoms with Crippen LogP contribution in [0.3, 0.4) is 0 Å². The van der Waals surface area contributed by atoms with E-state index < -0.39 is 0 Å². The standard InChI is InChI=1S/C15H17N3OS/c19-14-13(8-4-5-9-16-14)20-15-17-10-11-18(15)12-6-2-1-3-7-12/h1-3,6-7,10-11,13H,4-5,8-9H2,(H,16,19). The van der Waals surface area contributed by atoms with Crippen molar-refractivity contribution >= 4 is 17.7 Å². The summed E-state index contributed by atoms with van der Waals surface area (Å²) in [4.78, 5) is 16.4. The number of carbonyl (C=O) groups excluding carboxylic acids is 1. The summed E-state index contributed by atoms with van der Waals surface area (Å²) in [7, 11) is 0. The molecule has 1 atom stereocenters. The molecule has 20 heavy (non-hydrogen) atoms. The number of hydrogen-bond acceptors (Lipinski definition) is 3. The van der Waals surface area contributed by atoms with E-state index in [2.05, 4.69) is 10.3 Å².